The van der Waals surface area contributed by atoms with Gasteiger partial charge in [0.25, 0.3) is 0 Å². The summed E-state index contributed by atoms with van der Waals surface area (Å²) in [5, 5.41) is 15.0. The summed E-state index contributed by atoms with van der Waals surface area (Å²) < 4.78 is 18.8. The van der Waals surface area contributed by atoms with Crippen molar-refractivity contribution in [1.29, 1.82) is 4.78 Å². The molecule has 0 aliphatic carbocycles. The zero-order valence-corrected chi connectivity index (χ0v) is 9.96. The Balaban J connectivity index is 3.33. The van der Waals surface area contributed by atoms with Gasteiger partial charge in [-0.15, -0.1) is 11.3 Å². The Kier molecular flexibility index (Phi) is 2.75. The van der Waals surface area contributed by atoms with E-state index < -0.39 is 15.5 Å². The topological polar surface area (TPSA) is 87.2 Å². The fraction of sp³-hybridized carbons (Fsp3) is 0.500. The number of aryl methyl sites for hydroxylation is 1. The Morgan fingerprint density at radius 2 is 2.14 bits per heavy atom. The van der Waals surface area contributed by atoms with Crippen molar-refractivity contribution in [2.24, 2.45) is 5.14 Å². The fourth-order valence-electron chi connectivity index (χ4n) is 1.21. The average Bonchev–Trinajstić information content (AvgIpc) is 2.27. The lowest BCUT2D eigenvalue weighted by Gasteiger charge is -2.15. The van der Waals surface area contributed by atoms with Crippen LogP contribution >= 0.6 is 11.3 Å². The van der Waals surface area contributed by atoms with Crippen LogP contribution < -0.4 is 5.14 Å². The first-order valence-corrected chi connectivity index (χ1v) is 6.46. The third-order valence-electron chi connectivity index (χ3n) is 1.75. The van der Waals surface area contributed by atoms with Crippen molar-refractivity contribution in [2.45, 2.75) is 30.6 Å². The molecule has 1 aromatic rings. The van der Waals surface area contributed by atoms with E-state index in [1.807, 2.05) is 0 Å². The monoisotopic (exact) mass is 234 g/mol. The molecule has 0 aliphatic heterocycles. The highest BCUT2D eigenvalue weighted by atomic mass is 32.2. The van der Waals surface area contributed by atoms with Crippen LogP contribution in [0.1, 0.15) is 24.3 Å². The van der Waals surface area contributed by atoms with E-state index in [0.717, 1.165) is 16.9 Å². The summed E-state index contributed by atoms with van der Waals surface area (Å²) in [7, 11) is -3.16. The molecule has 1 atom stereocenters. The largest absolute Gasteiger partial charge is 0.385 e. The molecule has 0 fully saturated rings. The van der Waals surface area contributed by atoms with Gasteiger partial charge in [-0.25, -0.2) is 14.1 Å². The van der Waals surface area contributed by atoms with Gasteiger partial charge in [0.05, 0.1) is 5.60 Å². The van der Waals surface area contributed by atoms with Gasteiger partial charge < -0.3 is 5.11 Å². The van der Waals surface area contributed by atoms with E-state index in [4.69, 9.17) is 9.92 Å². The van der Waals surface area contributed by atoms with E-state index in [1.54, 1.807) is 26.8 Å². The van der Waals surface area contributed by atoms with E-state index in [9.17, 15) is 9.32 Å². The van der Waals surface area contributed by atoms with Crippen LogP contribution in [-0.2, 0) is 15.5 Å². The molecule has 4 N–H and O–H groups in total. The molecule has 80 valence electrons. The first-order chi connectivity index (χ1) is 6.12. The molecule has 4 nitrogen and oxygen atoms in total. The van der Waals surface area contributed by atoms with E-state index in [1.165, 1.54) is 0 Å². The first kappa shape index (κ1) is 11.6. The van der Waals surface area contributed by atoms with Crippen LogP contribution in [0.15, 0.2) is 10.3 Å². The van der Waals surface area contributed by atoms with Crippen LogP contribution in [0.4, 0.5) is 0 Å². The van der Waals surface area contributed by atoms with Crippen LogP contribution in [0.2, 0.25) is 0 Å². The number of nitrogens with two attached hydrogens (primary N) is 1. The molecule has 0 aromatic carbocycles. The Labute approximate surface area is 87.9 Å². The minimum absolute atomic E-state index is 0.312. The minimum Gasteiger partial charge on any atom is -0.385 e. The quantitative estimate of drug-likeness (QED) is 0.725. The summed E-state index contributed by atoms with van der Waals surface area (Å²) in [5.74, 6) is 0. The standard InChI is InChI=1S/C8H14N2O2S2/c1-5-4-6(14(9,10)12)13-7(5)8(2,3)11/h4,11H,1-3H3,(H3,9,10,12). The van der Waals surface area contributed by atoms with Crippen molar-refractivity contribution in [2.75, 3.05) is 0 Å². The van der Waals surface area contributed by atoms with Crippen LogP contribution in [0.3, 0.4) is 0 Å². The van der Waals surface area contributed by atoms with Gasteiger partial charge >= 0.3 is 0 Å². The van der Waals surface area contributed by atoms with Gasteiger partial charge in [0, 0.05) is 4.88 Å². The highest BCUT2D eigenvalue weighted by Crippen LogP contribution is 2.33. The molecule has 0 spiro atoms. The van der Waals surface area contributed by atoms with Gasteiger partial charge in [-0.3, -0.25) is 0 Å². The molecule has 0 bridgehead atoms. The van der Waals surface area contributed by atoms with Crippen molar-refractivity contribution in [3.8, 4) is 0 Å². The summed E-state index contributed by atoms with van der Waals surface area (Å²) in [6, 6.07) is 1.60. The van der Waals surface area contributed by atoms with Crippen molar-refractivity contribution >= 4 is 21.3 Å². The second-order valence-electron chi connectivity index (χ2n) is 3.74. The lowest BCUT2D eigenvalue weighted by molar-refractivity contribution is 0.0819. The van der Waals surface area contributed by atoms with Crippen molar-refractivity contribution < 1.29 is 9.32 Å². The number of aliphatic hydroxyl groups is 1. The van der Waals surface area contributed by atoms with Crippen LogP contribution in [0, 0.1) is 11.7 Å². The molecule has 0 saturated carbocycles. The van der Waals surface area contributed by atoms with E-state index in [0.29, 0.717) is 9.09 Å². The fourth-order valence-corrected chi connectivity index (χ4v) is 3.21. The summed E-state index contributed by atoms with van der Waals surface area (Å²) in [6.07, 6.45) is 0. The van der Waals surface area contributed by atoms with Crippen molar-refractivity contribution in [3.05, 3.63) is 16.5 Å². The van der Waals surface area contributed by atoms with Gasteiger partial charge in [0.15, 0.2) is 0 Å². The van der Waals surface area contributed by atoms with E-state index in [2.05, 4.69) is 0 Å². The molecule has 0 aliphatic rings. The number of rotatable bonds is 2. The highest BCUT2D eigenvalue weighted by molar-refractivity contribution is 7.92. The molecule has 0 radical (unpaired) electrons. The molecular weight excluding hydrogens is 220 g/mol. The number of hydrogen-bond donors (Lipinski definition) is 3. The lowest BCUT2D eigenvalue weighted by atomic mass is 10.1. The molecule has 1 unspecified atom stereocenters. The summed E-state index contributed by atoms with van der Waals surface area (Å²) in [6.45, 7) is 5.11. The molecule has 1 heterocycles. The second kappa shape index (κ2) is 3.30. The van der Waals surface area contributed by atoms with Gasteiger partial charge in [0.1, 0.15) is 14.1 Å². The molecule has 14 heavy (non-hydrogen) atoms. The summed E-state index contributed by atoms with van der Waals surface area (Å²) in [5.41, 5.74) is -0.152. The van der Waals surface area contributed by atoms with Gasteiger partial charge in [-0.2, -0.15) is 0 Å². The first-order valence-electron chi connectivity index (χ1n) is 4.02. The molecule has 0 amide bonds. The Hall–Kier alpha value is -0.430. The SMILES string of the molecule is Cc1cc(S(=N)(N)=O)sc1C(C)(C)O. The lowest BCUT2D eigenvalue weighted by Crippen LogP contribution is -2.14. The molecular formula is C8H14N2O2S2. The summed E-state index contributed by atoms with van der Waals surface area (Å²) in [4.78, 5) is 0.706. The normalized spacial score (nSPS) is 16.6. The van der Waals surface area contributed by atoms with Gasteiger partial charge in [-0.05, 0) is 32.4 Å². The second-order valence-corrected chi connectivity index (χ2v) is 6.69. The molecule has 1 aromatic heterocycles. The highest BCUT2D eigenvalue weighted by Gasteiger charge is 2.23. The zero-order chi connectivity index (χ0) is 11.1. The average molecular weight is 234 g/mol. The molecule has 1 rings (SSSR count). The van der Waals surface area contributed by atoms with Gasteiger partial charge in [-0.1, -0.05) is 0 Å². The molecule has 6 heteroatoms. The maximum atomic E-state index is 11.3. The van der Waals surface area contributed by atoms with Crippen LogP contribution in [-0.4, -0.2) is 9.32 Å². The van der Waals surface area contributed by atoms with E-state index in [-0.39, 0.29) is 0 Å². The maximum Gasteiger partial charge on any atom is 0.141 e. The molecule has 0 saturated heterocycles. The van der Waals surface area contributed by atoms with E-state index >= 15 is 0 Å². The Morgan fingerprint density at radius 1 is 1.64 bits per heavy atom. The predicted molar refractivity (Wildman–Crippen MR) is 57.6 cm³/mol. The van der Waals surface area contributed by atoms with Crippen LogP contribution in [0.5, 0.6) is 0 Å². The number of nitrogens with one attached hydrogen (secondary N) is 1. The Morgan fingerprint density at radius 3 is 2.36 bits per heavy atom. The summed E-state index contributed by atoms with van der Waals surface area (Å²) >= 11 is 1.14. The smallest absolute Gasteiger partial charge is 0.141 e. The third-order valence-corrected chi connectivity index (χ3v) is 4.80. The van der Waals surface area contributed by atoms with Crippen molar-refractivity contribution in [3.63, 3.8) is 0 Å². The number of hydrogen-bond acceptors (Lipinski definition) is 4. The van der Waals surface area contributed by atoms with Crippen molar-refractivity contribution in [1.82, 2.24) is 0 Å². The van der Waals surface area contributed by atoms with Gasteiger partial charge in [0.2, 0.25) is 0 Å². The Bertz CT molecular complexity index is 440. The number of thiophene rings is 1. The maximum absolute atomic E-state index is 11.3. The predicted octanol–water partition coefficient (Wildman–Crippen LogP) is 1.56. The minimum atomic E-state index is -3.16. The van der Waals surface area contributed by atoms with Crippen LogP contribution in [0.25, 0.3) is 0 Å². The third kappa shape index (κ3) is 2.33. The zero-order valence-electron chi connectivity index (χ0n) is 8.33.